The number of hydrogen-bond acceptors (Lipinski definition) is 6. The van der Waals surface area contributed by atoms with E-state index in [9.17, 15) is 4.79 Å². The molecule has 6 heteroatoms. The lowest BCUT2D eigenvalue weighted by molar-refractivity contribution is 0.0492. The van der Waals surface area contributed by atoms with Crippen LogP contribution in [0.1, 0.15) is 21.6 Å². The Bertz CT molecular complexity index is 672. The molecule has 0 unspecified atom stereocenters. The van der Waals surface area contributed by atoms with Crippen molar-refractivity contribution in [3.05, 3.63) is 47.3 Å². The summed E-state index contributed by atoms with van der Waals surface area (Å²) in [5.41, 5.74) is 2.11. The summed E-state index contributed by atoms with van der Waals surface area (Å²) >= 11 is 0. The molecule has 2 aromatic rings. The van der Waals surface area contributed by atoms with Gasteiger partial charge in [0.25, 0.3) is 0 Å². The molecule has 122 valence electrons. The van der Waals surface area contributed by atoms with Crippen molar-refractivity contribution in [3.8, 4) is 17.2 Å². The number of benzene rings is 1. The van der Waals surface area contributed by atoms with Crippen LogP contribution in [0.5, 0.6) is 17.2 Å². The molecular weight excluding hydrogens is 298 g/mol. The Morgan fingerprint density at radius 2 is 1.91 bits per heavy atom. The molecule has 1 heterocycles. The van der Waals surface area contributed by atoms with Crippen molar-refractivity contribution in [2.45, 2.75) is 13.5 Å². The fourth-order valence-electron chi connectivity index (χ4n) is 1.95. The van der Waals surface area contributed by atoms with Crippen molar-refractivity contribution >= 4 is 6.29 Å². The second-order valence-electron chi connectivity index (χ2n) is 4.83. The van der Waals surface area contributed by atoms with Crippen LogP contribution in [0, 0.1) is 6.92 Å². The lowest BCUT2D eigenvalue weighted by atomic mass is 10.2. The van der Waals surface area contributed by atoms with Crippen LogP contribution in [0.15, 0.2) is 30.5 Å². The number of pyridine rings is 1. The number of ether oxygens (including phenoxy) is 4. The molecule has 23 heavy (non-hydrogen) atoms. The Balaban J connectivity index is 2.18. The average molecular weight is 317 g/mol. The number of hydrogen-bond donors (Lipinski definition) is 0. The molecule has 0 N–H and O–H groups in total. The molecule has 6 nitrogen and oxygen atoms in total. The number of nitrogens with zero attached hydrogens (tertiary/aromatic N) is 1. The van der Waals surface area contributed by atoms with E-state index in [2.05, 4.69) is 4.98 Å². The highest BCUT2D eigenvalue weighted by atomic mass is 16.7. The third kappa shape index (κ3) is 4.43. The Morgan fingerprint density at radius 3 is 2.61 bits per heavy atom. The maximum atomic E-state index is 10.9. The summed E-state index contributed by atoms with van der Waals surface area (Å²) in [4.78, 5) is 15.2. The van der Waals surface area contributed by atoms with Crippen LogP contribution in [0.4, 0.5) is 0 Å². The molecule has 1 aromatic heterocycles. The van der Waals surface area contributed by atoms with Crippen LogP contribution >= 0.6 is 0 Å². The smallest absolute Gasteiger partial charge is 0.188 e. The van der Waals surface area contributed by atoms with Crippen LogP contribution in [0.25, 0.3) is 0 Å². The van der Waals surface area contributed by atoms with Crippen molar-refractivity contribution in [2.75, 3.05) is 21.0 Å². The summed E-state index contributed by atoms with van der Waals surface area (Å²) < 4.78 is 21.4. The molecular formula is C17H19NO5. The fraction of sp³-hybridized carbons (Fsp3) is 0.294. The molecule has 1 aromatic carbocycles. The number of rotatable bonds is 8. The van der Waals surface area contributed by atoms with E-state index >= 15 is 0 Å². The first-order valence-electron chi connectivity index (χ1n) is 7.01. The van der Waals surface area contributed by atoms with E-state index in [4.69, 9.17) is 18.9 Å². The molecule has 0 bridgehead atoms. The first-order chi connectivity index (χ1) is 11.2. The highest BCUT2D eigenvalue weighted by Gasteiger charge is 2.10. The molecule has 0 radical (unpaired) electrons. The van der Waals surface area contributed by atoms with Gasteiger partial charge < -0.3 is 18.9 Å². The topological polar surface area (TPSA) is 66.9 Å². The fourth-order valence-corrected chi connectivity index (χ4v) is 1.95. The number of carbonyl (C=O) groups is 1. The zero-order chi connectivity index (χ0) is 16.7. The highest BCUT2D eigenvalue weighted by molar-refractivity contribution is 5.76. The van der Waals surface area contributed by atoms with Gasteiger partial charge in [0, 0.05) is 18.9 Å². The molecule has 2 rings (SSSR count). The van der Waals surface area contributed by atoms with E-state index in [1.807, 2.05) is 13.0 Å². The number of aryl methyl sites for hydroxylation is 1. The van der Waals surface area contributed by atoms with Gasteiger partial charge in [0.2, 0.25) is 0 Å². The van der Waals surface area contributed by atoms with Crippen molar-refractivity contribution in [1.29, 1.82) is 0 Å². The Morgan fingerprint density at radius 1 is 1.09 bits per heavy atom. The van der Waals surface area contributed by atoms with Gasteiger partial charge in [0.15, 0.2) is 18.3 Å². The summed E-state index contributed by atoms with van der Waals surface area (Å²) in [6.45, 7) is 2.23. The first-order valence-corrected chi connectivity index (χ1v) is 7.01. The minimum atomic E-state index is 0.127. The third-order valence-corrected chi connectivity index (χ3v) is 3.09. The van der Waals surface area contributed by atoms with E-state index in [1.54, 1.807) is 38.6 Å². The van der Waals surface area contributed by atoms with E-state index < -0.39 is 0 Å². The number of methoxy groups -OCH3 is 2. The summed E-state index contributed by atoms with van der Waals surface area (Å²) in [6, 6.07) is 6.83. The standard InChI is InChI=1S/C17H19NO5/c1-12-6-16(23-11-20-2)14(18-8-12)10-22-17-7-13(9-19)4-5-15(17)21-3/h4-9H,10-11H2,1-3H3. The van der Waals surface area contributed by atoms with E-state index in [0.29, 0.717) is 28.5 Å². The second-order valence-corrected chi connectivity index (χ2v) is 4.83. The molecule has 0 fully saturated rings. The van der Waals surface area contributed by atoms with Gasteiger partial charge in [-0.3, -0.25) is 9.78 Å². The minimum absolute atomic E-state index is 0.127. The van der Waals surface area contributed by atoms with Gasteiger partial charge >= 0.3 is 0 Å². The predicted molar refractivity (Wildman–Crippen MR) is 84.2 cm³/mol. The quantitative estimate of drug-likeness (QED) is 0.551. The summed E-state index contributed by atoms with van der Waals surface area (Å²) in [7, 11) is 3.09. The molecule has 0 saturated heterocycles. The lowest BCUT2D eigenvalue weighted by Crippen LogP contribution is -2.06. The van der Waals surface area contributed by atoms with E-state index in [-0.39, 0.29) is 13.4 Å². The van der Waals surface area contributed by atoms with Crippen molar-refractivity contribution in [1.82, 2.24) is 4.98 Å². The van der Waals surface area contributed by atoms with Crippen LogP contribution < -0.4 is 14.2 Å². The Labute approximate surface area is 135 Å². The molecule has 0 saturated carbocycles. The van der Waals surface area contributed by atoms with Gasteiger partial charge in [0.05, 0.1) is 7.11 Å². The predicted octanol–water partition coefficient (Wildman–Crippen LogP) is 2.77. The zero-order valence-corrected chi connectivity index (χ0v) is 13.4. The normalized spacial score (nSPS) is 10.2. The SMILES string of the molecule is COCOc1cc(C)cnc1COc1cc(C=O)ccc1OC. The zero-order valence-electron chi connectivity index (χ0n) is 13.4. The number of aldehydes is 1. The molecule has 0 aliphatic heterocycles. The number of carbonyl (C=O) groups excluding carboxylic acids is 1. The Kier molecular flexibility index (Phi) is 5.94. The second kappa shape index (κ2) is 8.14. The van der Waals surface area contributed by atoms with Crippen molar-refractivity contribution < 1.29 is 23.7 Å². The monoisotopic (exact) mass is 317 g/mol. The van der Waals surface area contributed by atoms with E-state index in [1.165, 1.54) is 0 Å². The van der Waals surface area contributed by atoms with Crippen molar-refractivity contribution in [2.24, 2.45) is 0 Å². The van der Waals surface area contributed by atoms with Gasteiger partial charge in [-0.2, -0.15) is 0 Å². The lowest BCUT2D eigenvalue weighted by Gasteiger charge is -2.14. The number of aromatic nitrogens is 1. The van der Waals surface area contributed by atoms with Crippen LogP contribution in [0.2, 0.25) is 0 Å². The van der Waals surface area contributed by atoms with Gasteiger partial charge in [-0.25, -0.2) is 0 Å². The largest absolute Gasteiger partial charge is 0.493 e. The van der Waals surface area contributed by atoms with Crippen LogP contribution in [-0.4, -0.2) is 32.3 Å². The van der Waals surface area contributed by atoms with Gasteiger partial charge in [0.1, 0.15) is 24.3 Å². The van der Waals surface area contributed by atoms with Gasteiger partial charge in [-0.1, -0.05) is 0 Å². The van der Waals surface area contributed by atoms with Crippen LogP contribution in [-0.2, 0) is 11.3 Å². The summed E-state index contributed by atoms with van der Waals surface area (Å²) in [5.74, 6) is 1.61. The average Bonchev–Trinajstić information content (AvgIpc) is 2.58. The highest BCUT2D eigenvalue weighted by Crippen LogP contribution is 2.29. The summed E-state index contributed by atoms with van der Waals surface area (Å²) in [6.07, 6.45) is 2.49. The Hall–Kier alpha value is -2.60. The van der Waals surface area contributed by atoms with Gasteiger partial charge in [-0.15, -0.1) is 0 Å². The first kappa shape index (κ1) is 16.8. The minimum Gasteiger partial charge on any atom is -0.493 e. The third-order valence-electron chi connectivity index (χ3n) is 3.09. The molecule has 0 spiro atoms. The molecule has 0 amide bonds. The maximum Gasteiger partial charge on any atom is 0.188 e. The van der Waals surface area contributed by atoms with Crippen LogP contribution in [0.3, 0.4) is 0 Å². The van der Waals surface area contributed by atoms with E-state index in [0.717, 1.165) is 11.8 Å². The summed E-state index contributed by atoms with van der Waals surface area (Å²) in [5, 5.41) is 0. The molecule has 0 aliphatic carbocycles. The maximum absolute atomic E-state index is 10.9. The van der Waals surface area contributed by atoms with Gasteiger partial charge in [-0.05, 0) is 36.8 Å². The molecule has 0 atom stereocenters. The van der Waals surface area contributed by atoms with Crippen molar-refractivity contribution in [3.63, 3.8) is 0 Å². The molecule has 0 aliphatic rings.